The lowest BCUT2D eigenvalue weighted by molar-refractivity contribution is 0.317. The Labute approximate surface area is 128 Å². The number of amidine groups is 1. The Morgan fingerprint density at radius 1 is 1.10 bits per heavy atom. The van der Waals surface area contributed by atoms with Gasteiger partial charge in [0, 0.05) is 17.1 Å². The van der Waals surface area contributed by atoms with Crippen molar-refractivity contribution >= 4 is 17.6 Å². The van der Waals surface area contributed by atoms with Gasteiger partial charge in [-0.05, 0) is 29.8 Å². The third kappa shape index (κ3) is 5.39. The molecule has 0 aromatic heterocycles. The standard InChI is InChI=1S/C16H18N2O2S/c17-16(18-19)12-13-6-8-14(9-7-13)20-10-11-21-15-4-2-1-3-5-15/h1-9,19H,10-12H2,(H2,17,18). The van der Waals surface area contributed by atoms with Crippen LogP contribution in [-0.2, 0) is 6.42 Å². The first kappa shape index (κ1) is 15.3. The minimum atomic E-state index is 0.197. The van der Waals surface area contributed by atoms with Crippen molar-refractivity contribution in [3.63, 3.8) is 0 Å². The fourth-order valence-corrected chi connectivity index (χ4v) is 2.54. The van der Waals surface area contributed by atoms with Gasteiger partial charge in [-0.15, -0.1) is 11.8 Å². The highest BCUT2D eigenvalue weighted by atomic mass is 32.2. The first-order valence-electron chi connectivity index (χ1n) is 6.64. The first-order valence-corrected chi connectivity index (χ1v) is 7.62. The van der Waals surface area contributed by atoms with E-state index in [0.29, 0.717) is 13.0 Å². The zero-order valence-electron chi connectivity index (χ0n) is 11.6. The fraction of sp³-hybridized carbons (Fsp3) is 0.188. The van der Waals surface area contributed by atoms with E-state index in [9.17, 15) is 0 Å². The van der Waals surface area contributed by atoms with Crippen LogP contribution in [0, 0.1) is 0 Å². The molecule has 0 spiro atoms. The Bertz CT molecular complexity index is 571. The van der Waals surface area contributed by atoms with E-state index >= 15 is 0 Å². The molecule has 0 saturated heterocycles. The zero-order valence-corrected chi connectivity index (χ0v) is 12.4. The van der Waals surface area contributed by atoms with Gasteiger partial charge in [-0.3, -0.25) is 0 Å². The molecule has 0 aliphatic rings. The van der Waals surface area contributed by atoms with Gasteiger partial charge in [-0.2, -0.15) is 0 Å². The second-order valence-electron chi connectivity index (χ2n) is 4.42. The van der Waals surface area contributed by atoms with E-state index in [1.54, 1.807) is 11.8 Å². The van der Waals surface area contributed by atoms with Crippen molar-refractivity contribution in [2.45, 2.75) is 11.3 Å². The summed E-state index contributed by atoms with van der Waals surface area (Å²) in [5.74, 6) is 1.92. The smallest absolute Gasteiger partial charge is 0.143 e. The van der Waals surface area contributed by atoms with Crippen LogP contribution in [0.2, 0.25) is 0 Å². The van der Waals surface area contributed by atoms with Crippen molar-refractivity contribution in [1.82, 2.24) is 0 Å². The average molecular weight is 302 g/mol. The molecule has 3 N–H and O–H groups in total. The largest absolute Gasteiger partial charge is 0.493 e. The van der Waals surface area contributed by atoms with Crippen LogP contribution in [0.4, 0.5) is 0 Å². The average Bonchev–Trinajstić information content (AvgIpc) is 2.54. The van der Waals surface area contributed by atoms with E-state index in [1.807, 2.05) is 42.5 Å². The molecule has 0 atom stereocenters. The maximum atomic E-state index is 8.52. The topological polar surface area (TPSA) is 67.8 Å². The lowest BCUT2D eigenvalue weighted by Crippen LogP contribution is -2.14. The number of ether oxygens (including phenoxy) is 1. The number of nitrogens with zero attached hydrogens (tertiary/aromatic N) is 1. The molecule has 0 fully saturated rings. The van der Waals surface area contributed by atoms with Crippen LogP contribution < -0.4 is 10.5 Å². The number of oxime groups is 1. The summed E-state index contributed by atoms with van der Waals surface area (Å²) in [6, 6.07) is 17.9. The van der Waals surface area contributed by atoms with E-state index in [0.717, 1.165) is 17.1 Å². The van der Waals surface area contributed by atoms with Gasteiger partial charge >= 0.3 is 0 Å². The van der Waals surface area contributed by atoms with Crippen LogP contribution in [0.1, 0.15) is 5.56 Å². The number of hydrogen-bond donors (Lipinski definition) is 2. The third-order valence-corrected chi connectivity index (χ3v) is 3.78. The Kier molecular flexibility index (Phi) is 5.97. The molecule has 0 unspecified atom stereocenters. The Hall–Kier alpha value is -2.14. The Morgan fingerprint density at radius 2 is 1.81 bits per heavy atom. The van der Waals surface area contributed by atoms with Gasteiger partial charge in [0.25, 0.3) is 0 Å². The summed E-state index contributed by atoms with van der Waals surface area (Å²) >= 11 is 1.77. The van der Waals surface area contributed by atoms with E-state index in [4.69, 9.17) is 15.7 Å². The summed E-state index contributed by atoms with van der Waals surface area (Å²) in [5, 5.41) is 11.5. The van der Waals surface area contributed by atoms with Crippen LogP contribution in [0.5, 0.6) is 5.75 Å². The van der Waals surface area contributed by atoms with Crippen LogP contribution in [0.25, 0.3) is 0 Å². The van der Waals surface area contributed by atoms with Crippen molar-refractivity contribution in [2.24, 2.45) is 10.9 Å². The van der Waals surface area contributed by atoms with Crippen LogP contribution in [0.15, 0.2) is 64.6 Å². The maximum absolute atomic E-state index is 8.52. The summed E-state index contributed by atoms with van der Waals surface area (Å²) in [5.41, 5.74) is 6.45. The van der Waals surface area contributed by atoms with Crippen molar-refractivity contribution in [2.75, 3.05) is 12.4 Å². The lowest BCUT2D eigenvalue weighted by atomic mass is 10.1. The fourth-order valence-electron chi connectivity index (χ4n) is 1.78. The molecule has 21 heavy (non-hydrogen) atoms. The summed E-state index contributed by atoms with van der Waals surface area (Å²) < 4.78 is 5.68. The monoisotopic (exact) mass is 302 g/mol. The van der Waals surface area contributed by atoms with E-state index in [1.165, 1.54) is 4.90 Å². The first-order chi connectivity index (χ1) is 10.3. The molecule has 0 aliphatic heterocycles. The molecule has 4 nitrogen and oxygen atoms in total. The van der Waals surface area contributed by atoms with Gasteiger partial charge < -0.3 is 15.7 Å². The molecule has 2 aromatic rings. The Morgan fingerprint density at radius 3 is 2.48 bits per heavy atom. The highest BCUT2D eigenvalue weighted by Gasteiger charge is 1.99. The molecule has 5 heteroatoms. The molecule has 2 rings (SSSR count). The second kappa shape index (κ2) is 8.21. The van der Waals surface area contributed by atoms with Crippen LogP contribution in [-0.4, -0.2) is 23.4 Å². The molecule has 110 valence electrons. The predicted octanol–water partition coefficient (Wildman–Crippen LogP) is 3.15. The molecule has 0 amide bonds. The van der Waals surface area contributed by atoms with Gasteiger partial charge in [0.05, 0.1) is 6.61 Å². The van der Waals surface area contributed by atoms with Gasteiger partial charge in [0.15, 0.2) is 0 Å². The minimum Gasteiger partial charge on any atom is -0.493 e. The summed E-state index contributed by atoms with van der Waals surface area (Å²) in [4.78, 5) is 1.25. The molecule has 0 radical (unpaired) electrons. The number of rotatable bonds is 7. The molecule has 0 bridgehead atoms. The summed E-state index contributed by atoms with van der Waals surface area (Å²) in [6.45, 7) is 0.652. The number of thioether (sulfide) groups is 1. The molecule has 0 saturated carbocycles. The third-order valence-electron chi connectivity index (χ3n) is 2.80. The molecular formula is C16H18N2O2S. The van der Waals surface area contributed by atoms with Crippen molar-refractivity contribution in [3.8, 4) is 5.75 Å². The predicted molar refractivity (Wildman–Crippen MR) is 86.2 cm³/mol. The van der Waals surface area contributed by atoms with Crippen LogP contribution >= 0.6 is 11.8 Å². The van der Waals surface area contributed by atoms with Crippen LogP contribution in [0.3, 0.4) is 0 Å². The zero-order chi connectivity index (χ0) is 14.9. The highest BCUT2D eigenvalue weighted by molar-refractivity contribution is 7.99. The van der Waals surface area contributed by atoms with Gasteiger partial charge in [-0.25, -0.2) is 0 Å². The molecule has 0 heterocycles. The number of hydrogen-bond acceptors (Lipinski definition) is 4. The molecular weight excluding hydrogens is 284 g/mol. The van der Waals surface area contributed by atoms with E-state index in [-0.39, 0.29) is 5.84 Å². The van der Waals surface area contributed by atoms with Gasteiger partial charge in [0.1, 0.15) is 11.6 Å². The second-order valence-corrected chi connectivity index (χ2v) is 5.59. The quantitative estimate of drug-likeness (QED) is 0.206. The number of nitrogens with two attached hydrogens (primary N) is 1. The summed E-state index contributed by atoms with van der Waals surface area (Å²) in [6.07, 6.45) is 0.431. The highest BCUT2D eigenvalue weighted by Crippen LogP contribution is 2.18. The molecule has 0 aliphatic carbocycles. The summed E-state index contributed by atoms with van der Waals surface area (Å²) in [7, 11) is 0. The maximum Gasteiger partial charge on any atom is 0.143 e. The van der Waals surface area contributed by atoms with E-state index < -0.39 is 0 Å². The van der Waals surface area contributed by atoms with Crippen molar-refractivity contribution in [1.29, 1.82) is 0 Å². The number of benzene rings is 2. The van der Waals surface area contributed by atoms with Gasteiger partial charge in [-0.1, -0.05) is 35.5 Å². The van der Waals surface area contributed by atoms with E-state index in [2.05, 4.69) is 17.3 Å². The molecule has 2 aromatic carbocycles. The SMILES string of the molecule is NC(Cc1ccc(OCCSc2ccccc2)cc1)=NO. The normalized spacial score (nSPS) is 11.3. The van der Waals surface area contributed by atoms with Crippen molar-refractivity contribution < 1.29 is 9.94 Å². The van der Waals surface area contributed by atoms with Crippen molar-refractivity contribution in [3.05, 3.63) is 60.2 Å². The lowest BCUT2D eigenvalue weighted by Gasteiger charge is -2.07. The Balaban J connectivity index is 1.73. The minimum absolute atomic E-state index is 0.197. The van der Waals surface area contributed by atoms with Gasteiger partial charge in [0.2, 0.25) is 0 Å².